The summed E-state index contributed by atoms with van der Waals surface area (Å²) in [6.07, 6.45) is 6.13. The van der Waals surface area contributed by atoms with Crippen LogP contribution in [-0.2, 0) is 17.9 Å². The number of hydrogen-bond acceptors (Lipinski definition) is 5. The van der Waals surface area contributed by atoms with Crippen LogP contribution in [0.1, 0.15) is 18.7 Å². The van der Waals surface area contributed by atoms with Crippen LogP contribution in [0.15, 0.2) is 36.7 Å². The molecule has 1 amide bonds. The third-order valence-corrected chi connectivity index (χ3v) is 5.58. The highest BCUT2D eigenvalue weighted by atomic mass is 16.2. The molecule has 0 aliphatic carbocycles. The molecule has 7 nitrogen and oxygen atoms in total. The molecule has 0 atom stereocenters. The molecule has 7 heteroatoms. The fraction of sp³-hybridized carbons (Fsp3) is 0.381. The molecule has 0 bridgehead atoms. The maximum atomic E-state index is 12.3. The molecule has 2 N–H and O–H groups in total. The topological polar surface area (TPSA) is 75.1 Å². The summed E-state index contributed by atoms with van der Waals surface area (Å²) >= 11 is 0. The maximum Gasteiger partial charge on any atom is 0.239 e. The Morgan fingerprint density at radius 2 is 1.96 bits per heavy atom. The first kappa shape index (κ1) is 17.3. The summed E-state index contributed by atoms with van der Waals surface area (Å²) in [4.78, 5) is 23.4. The van der Waals surface area contributed by atoms with Gasteiger partial charge in [-0.15, -0.1) is 0 Å². The number of imidazole rings is 1. The molecule has 144 valence electrons. The first-order chi connectivity index (χ1) is 13.8. The number of nitrogens with zero attached hydrogens (tertiary/aromatic N) is 4. The SMILES string of the molecule is O=C(CN1CCCC1)Nc1cc2cc(-c3cnc4n3CCNC4)ccc2cn1. The molecule has 3 aromatic rings. The molecule has 0 radical (unpaired) electrons. The number of nitrogens with one attached hydrogen (secondary N) is 2. The van der Waals surface area contributed by atoms with Gasteiger partial charge < -0.3 is 15.2 Å². The molecule has 1 saturated heterocycles. The van der Waals surface area contributed by atoms with Crippen LogP contribution in [0.2, 0.25) is 0 Å². The minimum atomic E-state index is 0.00210. The number of rotatable bonds is 4. The third-order valence-electron chi connectivity index (χ3n) is 5.58. The maximum absolute atomic E-state index is 12.3. The van der Waals surface area contributed by atoms with Gasteiger partial charge in [0.25, 0.3) is 0 Å². The zero-order valence-corrected chi connectivity index (χ0v) is 15.8. The van der Waals surface area contributed by atoms with E-state index in [0.29, 0.717) is 12.4 Å². The lowest BCUT2D eigenvalue weighted by Crippen LogP contribution is -2.31. The van der Waals surface area contributed by atoms with Crippen molar-refractivity contribution < 1.29 is 4.79 Å². The standard InChI is InChI=1S/C21H24N6O/c28-21(14-26-6-1-2-7-26)25-19-10-17-9-15(3-4-16(17)11-23-19)18-12-24-20-13-22-5-8-27(18)20/h3-4,9-12,22H,1-2,5-8,13-14H2,(H,23,25,28). The zero-order chi connectivity index (χ0) is 18.9. The molecule has 2 aromatic heterocycles. The van der Waals surface area contributed by atoms with Gasteiger partial charge in [0.2, 0.25) is 5.91 Å². The summed E-state index contributed by atoms with van der Waals surface area (Å²) in [6.45, 7) is 5.15. The molecule has 5 rings (SSSR count). The Labute approximate surface area is 163 Å². The van der Waals surface area contributed by atoms with Crippen LogP contribution in [0.25, 0.3) is 22.0 Å². The van der Waals surface area contributed by atoms with Crippen molar-refractivity contribution in [3.8, 4) is 11.3 Å². The molecule has 0 saturated carbocycles. The predicted molar refractivity (Wildman–Crippen MR) is 109 cm³/mol. The van der Waals surface area contributed by atoms with E-state index in [4.69, 9.17) is 0 Å². The molecule has 1 fully saturated rings. The van der Waals surface area contributed by atoms with Gasteiger partial charge in [-0.1, -0.05) is 12.1 Å². The molecule has 28 heavy (non-hydrogen) atoms. The molecular weight excluding hydrogens is 352 g/mol. The van der Waals surface area contributed by atoms with Crippen molar-refractivity contribution >= 4 is 22.5 Å². The van der Waals surface area contributed by atoms with Crippen molar-refractivity contribution in [2.45, 2.75) is 25.9 Å². The van der Waals surface area contributed by atoms with Gasteiger partial charge in [-0.2, -0.15) is 0 Å². The number of pyridine rings is 1. The molecule has 4 heterocycles. The average molecular weight is 376 g/mol. The van der Waals surface area contributed by atoms with Gasteiger partial charge in [0.1, 0.15) is 11.6 Å². The number of amides is 1. The summed E-state index contributed by atoms with van der Waals surface area (Å²) < 4.78 is 2.28. The van der Waals surface area contributed by atoms with E-state index in [-0.39, 0.29) is 5.91 Å². The summed E-state index contributed by atoms with van der Waals surface area (Å²) in [7, 11) is 0. The second-order valence-electron chi connectivity index (χ2n) is 7.55. The number of carbonyl (C=O) groups is 1. The van der Waals surface area contributed by atoms with E-state index in [1.165, 1.54) is 12.8 Å². The molecule has 1 aromatic carbocycles. The van der Waals surface area contributed by atoms with Crippen molar-refractivity contribution in [2.75, 3.05) is 31.5 Å². The van der Waals surface area contributed by atoms with Crippen LogP contribution < -0.4 is 10.6 Å². The molecule has 0 unspecified atom stereocenters. The fourth-order valence-corrected chi connectivity index (χ4v) is 4.12. The lowest BCUT2D eigenvalue weighted by Gasteiger charge is -2.18. The summed E-state index contributed by atoms with van der Waals surface area (Å²) in [5.74, 6) is 1.68. The summed E-state index contributed by atoms with van der Waals surface area (Å²) in [6, 6.07) is 8.30. The third kappa shape index (κ3) is 3.39. The Balaban J connectivity index is 1.39. The highest BCUT2D eigenvalue weighted by Gasteiger charge is 2.17. The number of likely N-dealkylation sites (tertiary alicyclic amines) is 1. The largest absolute Gasteiger partial charge is 0.326 e. The van der Waals surface area contributed by atoms with Crippen molar-refractivity contribution in [3.63, 3.8) is 0 Å². The van der Waals surface area contributed by atoms with E-state index in [0.717, 1.165) is 60.6 Å². The minimum Gasteiger partial charge on any atom is -0.326 e. The van der Waals surface area contributed by atoms with Crippen LogP contribution in [0.5, 0.6) is 0 Å². The van der Waals surface area contributed by atoms with Gasteiger partial charge in [-0.05, 0) is 43.5 Å². The van der Waals surface area contributed by atoms with E-state index in [2.05, 4.69) is 48.3 Å². The highest BCUT2D eigenvalue weighted by Crippen LogP contribution is 2.27. The lowest BCUT2D eigenvalue weighted by molar-refractivity contribution is -0.117. The number of anilines is 1. The molecule has 0 spiro atoms. The van der Waals surface area contributed by atoms with E-state index in [9.17, 15) is 4.79 Å². The second-order valence-corrected chi connectivity index (χ2v) is 7.55. The number of carbonyl (C=O) groups excluding carboxylic acids is 1. The number of fused-ring (bicyclic) bond motifs is 2. The number of benzene rings is 1. The summed E-state index contributed by atoms with van der Waals surface area (Å²) in [5.41, 5.74) is 2.27. The van der Waals surface area contributed by atoms with Crippen molar-refractivity contribution in [1.29, 1.82) is 0 Å². The van der Waals surface area contributed by atoms with Gasteiger partial charge in [0, 0.05) is 30.2 Å². The Morgan fingerprint density at radius 3 is 2.86 bits per heavy atom. The van der Waals surface area contributed by atoms with Crippen LogP contribution >= 0.6 is 0 Å². The Hall–Kier alpha value is -2.77. The normalized spacial score (nSPS) is 17.0. The smallest absolute Gasteiger partial charge is 0.239 e. The zero-order valence-electron chi connectivity index (χ0n) is 15.8. The van der Waals surface area contributed by atoms with Gasteiger partial charge in [0.15, 0.2) is 0 Å². The first-order valence-electron chi connectivity index (χ1n) is 9.94. The van der Waals surface area contributed by atoms with Crippen LogP contribution in [0.3, 0.4) is 0 Å². The van der Waals surface area contributed by atoms with Crippen LogP contribution in [0, 0.1) is 0 Å². The van der Waals surface area contributed by atoms with Crippen LogP contribution in [0.4, 0.5) is 5.82 Å². The predicted octanol–water partition coefficient (Wildman–Crippen LogP) is 2.24. The minimum absolute atomic E-state index is 0.00210. The Bertz CT molecular complexity index is 1020. The van der Waals surface area contributed by atoms with Crippen molar-refractivity contribution in [2.24, 2.45) is 0 Å². The average Bonchev–Trinajstić information content (AvgIpc) is 3.37. The highest BCUT2D eigenvalue weighted by molar-refractivity contribution is 5.94. The van der Waals surface area contributed by atoms with E-state index in [1.54, 1.807) is 0 Å². The molecule has 2 aliphatic rings. The van der Waals surface area contributed by atoms with Gasteiger partial charge in [-0.25, -0.2) is 9.97 Å². The molecular formula is C21H24N6O. The van der Waals surface area contributed by atoms with Gasteiger partial charge in [0.05, 0.1) is 25.0 Å². The van der Waals surface area contributed by atoms with Crippen LogP contribution in [-0.4, -0.2) is 51.5 Å². The quantitative estimate of drug-likeness (QED) is 0.730. The monoisotopic (exact) mass is 376 g/mol. The lowest BCUT2D eigenvalue weighted by atomic mass is 10.1. The van der Waals surface area contributed by atoms with E-state index >= 15 is 0 Å². The fourth-order valence-electron chi connectivity index (χ4n) is 4.12. The number of aromatic nitrogens is 3. The second kappa shape index (κ2) is 7.33. The molecule has 2 aliphatic heterocycles. The first-order valence-corrected chi connectivity index (χ1v) is 9.94. The Morgan fingerprint density at radius 1 is 1.07 bits per heavy atom. The van der Waals surface area contributed by atoms with E-state index < -0.39 is 0 Å². The van der Waals surface area contributed by atoms with Crippen molar-refractivity contribution in [3.05, 3.63) is 42.5 Å². The Kier molecular flexibility index (Phi) is 4.54. The van der Waals surface area contributed by atoms with Gasteiger partial charge in [-0.3, -0.25) is 9.69 Å². The summed E-state index contributed by atoms with van der Waals surface area (Å²) in [5, 5.41) is 8.42. The van der Waals surface area contributed by atoms with Crippen molar-refractivity contribution in [1.82, 2.24) is 24.8 Å². The number of hydrogen-bond donors (Lipinski definition) is 2. The van der Waals surface area contributed by atoms with E-state index in [1.807, 2.05) is 18.5 Å². The van der Waals surface area contributed by atoms with Gasteiger partial charge >= 0.3 is 0 Å².